The first kappa shape index (κ1) is 14.2. The molecular formula is C16H20N3O2. The van der Waals surface area contributed by atoms with E-state index in [0.717, 1.165) is 27.6 Å². The number of nitrogens with zero attached hydrogens (tertiary/aromatic N) is 3. The molecule has 1 aromatic rings. The Hall–Kier alpha value is -1.72. The molecule has 1 radical (unpaired) electrons. The summed E-state index contributed by atoms with van der Waals surface area (Å²) in [6.07, 6.45) is 0.361. The molecule has 5 nitrogen and oxygen atoms in total. The fourth-order valence-corrected chi connectivity index (χ4v) is 3.38. The summed E-state index contributed by atoms with van der Waals surface area (Å²) < 4.78 is 0. The number of rotatable bonds is 1. The Morgan fingerprint density at radius 2 is 1.71 bits per heavy atom. The number of amides is 1. The molecule has 1 amide bonds. The molecule has 0 aromatic heterocycles. The number of hydroxylamine groups is 2. The van der Waals surface area contributed by atoms with E-state index in [0.29, 0.717) is 6.42 Å². The summed E-state index contributed by atoms with van der Waals surface area (Å²) in [7, 11) is 0. The Morgan fingerprint density at radius 1 is 1.10 bits per heavy atom. The number of hydrogen-bond acceptors (Lipinski definition) is 3. The fraction of sp³-hybridized carbons (Fsp3) is 0.500. The van der Waals surface area contributed by atoms with Gasteiger partial charge in [-0.15, -0.1) is 10.3 Å². The molecule has 5 heteroatoms. The lowest BCUT2D eigenvalue weighted by atomic mass is 9.90. The van der Waals surface area contributed by atoms with Crippen LogP contribution in [-0.4, -0.2) is 16.7 Å². The largest absolute Gasteiger partial charge is 0.272 e. The highest BCUT2D eigenvalue weighted by atomic mass is 16.5. The number of fused-ring (bicyclic) bond motifs is 1. The lowest BCUT2D eigenvalue weighted by Crippen LogP contribution is -2.41. The molecule has 0 spiro atoms. The zero-order valence-corrected chi connectivity index (χ0v) is 13.1. The molecule has 21 heavy (non-hydrogen) atoms. The molecule has 0 aliphatic carbocycles. The average Bonchev–Trinajstić information content (AvgIpc) is 2.81. The van der Waals surface area contributed by atoms with E-state index >= 15 is 0 Å². The Bertz CT molecular complexity index is 661. The third-order valence-corrected chi connectivity index (χ3v) is 4.50. The minimum Gasteiger partial charge on any atom is -0.272 e. The fourth-order valence-electron chi connectivity index (χ4n) is 3.38. The highest BCUT2D eigenvalue weighted by molar-refractivity contribution is 6.12. The summed E-state index contributed by atoms with van der Waals surface area (Å²) in [6.45, 7) is 9.53. The number of hydrogen-bond donors (Lipinski definition) is 0. The summed E-state index contributed by atoms with van der Waals surface area (Å²) in [4.78, 5) is 12.0. The van der Waals surface area contributed by atoms with Crippen molar-refractivity contribution < 1.29 is 10.0 Å². The Labute approximate surface area is 124 Å². The van der Waals surface area contributed by atoms with Gasteiger partial charge in [0.2, 0.25) is 0 Å². The normalized spacial score (nSPS) is 23.4. The highest BCUT2D eigenvalue weighted by Crippen LogP contribution is 2.49. The van der Waals surface area contributed by atoms with Crippen LogP contribution in [0.5, 0.6) is 0 Å². The summed E-state index contributed by atoms with van der Waals surface area (Å²) in [5.74, 6) is -0.0264. The monoisotopic (exact) mass is 286 g/mol. The van der Waals surface area contributed by atoms with Crippen molar-refractivity contribution in [1.29, 1.82) is 0 Å². The maximum Gasteiger partial charge on any atom is 0.253 e. The predicted octanol–water partition coefficient (Wildman–Crippen LogP) is 2.93. The van der Waals surface area contributed by atoms with E-state index in [2.05, 4.69) is 5.10 Å². The van der Waals surface area contributed by atoms with Crippen molar-refractivity contribution in [3.05, 3.63) is 29.3 Å². The maximum atomic E-state index is 12.6. The molecule has 0 saturated heterocycles. The van der Waals surface area contributed by atoms with Gasteiger partial charge in [0, 0.05) is 5.71 Å². The van der Waals surface area contributed by atoms with E-state index in [1.807, 2.05) is 52.8 Å². The van der Waals surface area contributed by atoms with Crippen LogP contribution in [-0.2, 0) is 21.1 Å². The van der Waals surface area contributed by atoms with Crippen LogP contribution in [0.2, 0.25) is 0 Å². The second-order valence-corrected chi connectivity index (χ2v) is 6.86. The van der Waals surface area contributed by atoms with Crippen LogP contribution in [0.15, 0.2) is 23.3 Å². The van der Waals surface area contributed by atoms with Crippen molar-refractivity contribution in [3.63, 3.8) is 0 Å². The van der Waals surface area contributed by atoms with E-state index in [9.17, 15) is 10.0 Å². The van der Waals surface area contributed by atoms with Crippen molar-refractivity contribution >= 4 is 17.3 Å². The van der Waals surface area contributed by atoms with Gasteiger partial charge in [0.1, 0.15) is 0 Å². The van der Waals surface area contributed by atoms with Crippen LogP contribution in [0, 0.1) is 0 Å². The molecule has 2 heterocycles. The molecule has 0 N–H and O–H groups in total. The number of benzene rings is 1. The topological polar surface area (TPSA) is 55.8 Å². The van der Waals surface area contributed by atoms with Crippen LogP contribution in [0.4, 0.5) is 5.69 Å². The van der Waals surface area contributed by atoms with E-state index in [1.54, 1.807) is 0 Å². The molecule has 0 saturated carbocycles. The Balaban J connectivity index is 2.12. The zero-order chi connectivity index (χ0) is 15.6. The first-order chi connectivity index (χ1) is 9.65. The molecule has 0 unspecified atom stereocenters. The van der Waals surface area contributed by atoms with Gasteiger partial charge in [-0.1, -0.05) is 6.07 Å². The number of carbonyl (C=O) groups is 1. The first-order valence-electron chi connectivity index (χ1n) is 7.15. The molecule has 2 aliphatic heterocycles. The van der Waals surface area contributed by atoms with Gasteiger partial charge in [0.25, 0.3) is 5.91 Å². The number of anilines is 1. The molecule has 111 valence electrons. The van der Waals surface area contributed by atoms with Gasteiger partial charge in [0.15, 0.2) is 0 Å². The maximum absolute atomic E-state index is 12.6. The average molecular weight is 286 g/mol. The van der Waals surface area contributed by atoms with Crippen molar-refractivity contribution in [3.8, 4) is 0 Å². The second-order valence-electron chi connectivity index (χ2n) is 6.86. The third-order valence-electron chi connectivity index (χ3n) is 4.50. The first-order valence-corrected chi connectivity index (χ1v) is 7.15. The summed E-state index contributed by atoms with van der Waals surface area (Å²) >= 11 is 0. The number of hydrazone groups is 1. The van der Waals surface area contributed by atoms with E-state index in [4.69, 9.17) is 0 Å². The van der Waals surface area contributed by atoms with Crippen molar-refractivity contribution in [2.75, 3.05) is 5.01 Å². The summed E-state index contributed by atoms with van der Waals surface area (Å²) in [5, 5.41) is 19.4. The van der Waals surface area contributed by atoms with Crippen molar-refractivity contribution in [2.24, 2.45) is 5.10 Å². The standard InChI is InChI=1S/C16H20N3O2/c1-10-8-14(20)18(17-10)11-6-7-12-13(9-11)16(4,5)19(21)15(12,2)3/h6-7,9H,8H2,1-5H3. The van der Waals surface area contributed by atoms with E-state index < -0.39 is 11.1 Å². The summed E-state index contributed by atoms with van der Waals surface area (Å²) in [6, 6.07) is 5.74. The SMILES string of the molecule is CC1=NN(c2ccc3c(c2)C(C)(C)N([O])C3(C)C)C(=O)C1. The Kier molecular flexibility index (Phi) is 2.81. The highest BCUT2D eigenvalue weighted by Gasteiger charge is 2.50. The molecular weight excluding hydrogens is 266 g/mol. The van der Waals surface area contributed by atoms with Crippen LogP contribution >= 0.6 is 0 Å². The molecule has 0 atom stereocenters. The van der Waals surface area contributed by atoms with Gasteiger partial charge in [0.05, 0.1) is 23.2 Å². The molecule has 0 fully saturated rings. The van der Waals surface area contributed by atoms with Crippen LogP contribution in [0.3, 0.4) is 0 Å². The van der Waals surface area contributed by atoms with Gasteiger partial charge in [-0.2, -0.15) is 5.10 Å². The van der Waals surface area contributed by atoms with E-state index in [-0.39, 0.29) is 5.91 Å². The van der Waals surface area contributed by atoms with Crippen LogP contribution in [0.25, 0.3) is 0 Å². The minimum atomic E-state index is -0.615. The van der Waals surface area contributed by atoms with Crippen LogP contribution in [0.1, 0.15) is 52.2 Å². The van der Waals surface area contributed by atoms with Crippen molar-refractivity contribution in [2.45, 2.75) is 52.1 Å². The molecule has 3 rings (SSSR count). The molecule has 2 aliphatic rings. The van der Waals surface area contributed by atoms with Gasteiger partial charge in [-0.05, 0) is 57.9 Å². The smallest absolute Gasteiger partial charge is 0.253 e. The lowest BCUT2D eigenvalue weighted by Gasteiger charge is -2.32. The molecule has 1 aromatic carbocycles. The predicted molar refractivity (Wildman–Crippen MR) is 80.2 cm³/mol. The zero-order valence-electron chi connectivity index (χ0n) is 13.1. The van der Waals surface area contributed by atoms with E-state index in [1.165, 1.54) is 5.01 Å². The second kappa shape index (κ2) is 4.15. The van der Waals surface area contributed by atoms with Crippen LogP contribution < -0.4 is 5.01 Å². The van der Waals surface area contributed by atoms with Gasteiger partial charge in [-0.25, -0.2) is 5.01 Å². The Morgan fingerprint density at radius 3 is 2.29 bits per heavy atom. The third kappa shape index (κ3) is 1.84. The number of carbonyl (C=O) groups excluding carboxylic acids is 1. The quantitative estimate of drug-likeness (QED) is 0.797. The van der Waals surface area contributed by atoms with Gasteiger partial charge < -0.3 is 0 Å². The molecule has 0 bridgehead atoms. The minimum absolute atomic E-state index is 0.0264. The van der Waals surface area contributed by atoms with Gasteiger partial charge >= 0.3 is 0 Å². The lowest BCUT2D eigenvalue weighted by molar-refractivity contribution is -0.266. The van der Waals surface area contributed by atoms with Gasteiger partial charge in [-0.3, -0.25) is 4.79 Å². The summed E-state index contributed by atoms with van der Waals surface area (Å²) in [5.41, 5.74) is 2.34. The van der Waals surface area contributed by atoms with Crippen molar-refractivity contribution in [1.82, 2.24) is 5.06 Å².